The first-order chi connectivity index (χ1) is 14.8. The Hall–Kier alpha value is -2.58. The summed E-state index contributed by atoms with van der Waals surface area (Å²) in [6.07, 6.45) is -1.55. The molecule has 4 aliphatic rings. The van der Waals surface area contributed by atoms with Gasteiger partial charge >= 0.3 is 11.9 Å². The summed E-state index contributed by atoms with van der Waals surface area (Å²) < 4.78 is 17.9. The lowest BCUT2D eigenvalue weighted by Gasteiger charge is -2.58. The SMILES string of the molecule is CC(O)COC12c3ccccc3C(OCC(C)O)(c3ccccc31)C1C(=O)OC(=O)C12. The van der Waals surface area contributed by atoms with Gasteiger partial charge in [0, 0.05) is 0 Å². The smallest absolute Gasteiger partial charge is 0.321 e. The lowest BCUT2D eigenvalue weighted by Crippen LogP contribution is -2.63. The van der Waals surface area contributed by atoms with Gasteiger partial charge in [0.25, 0.3) is 0 Å². The van der Waals surface area contributed by atoms with Gasteiger partial charge in [-0.3, -0.25) is 9.59 Å². The van der Waals surface area contributed by atoms with Crippen LogP contribution in [-0.4, -0.2) is 47.6 Å². The fraction of sp³-hybridized carbons (Fsp3) is 0.417. The van der Waals surface area contributed by atoms with Crippen LogP contribution < -0.4 is 0 Å². The number of carbonyl (C=O) groups is 2. The minimum atomic E-state index is -1.30. The molecule has 162 valence electrons. The Morgan fingerprint density at radius 3 is 1.39 bits per heavy atom. The van der Waals surface area contributed by atoms with Crippen LogP contribution in [0.4, 0.5) is 0 Å². The summed E-state index contributed by atoms with van der Waals surface area (Å²) in [6.45, 7) is 3.14. The van der Waals surface area contributed by atoms with Crippen LogP contribution in [-0.2, 0) is 35.0 Å². The number of hydrogen-bond donors (Lipinski definition) is 2. The second-order valence-electron chi connectivity index (χ2n) is 8.58. The van der Waals surface area contributed by atoms with Crippen LogP contribution in [0.1, 0.15) is 36.1 Å². The van der Waals surface area contributed by atoms with Gasteiger partial charge in [0.05, 0.1) is 25.4 Å². The number of benzene rings is 2. The molecule has 1 aliphatic heterocycles. The highest BCUT2D eigenvalue weighted by Gasteiger charge is 2.75. The van der Waals surface area contributed by atoms with Gasteiger partial charge in [-0.2, -0.15) is 0 Å². The predicted octanol–water partition coefficient (Wildman–Crippen LogP) is 1.61. The second kappa shape index (κ2) is 6.97. The molecule has 2 aromatic carbocycles. The summed E-state index contributed by atoms with van der Waals surface area (Å²) in [6, 6.07) is 14.8. The zero-order valence-electron chi connectivity index (χ0n) is 17.3. The Morgan fingerprint density at radius 1 is 0.774 bits per heavy atom. The third kappa shape index (κ3) is 2.55. The van der Waals surface area contributed by atoms with Gasteiger partial charge in [0.15, 0.2) is 0 Å². The molecular formula is C24H24O7. The number of cyclic esters (lactones) is 2. The van der Waals surface area contributed by atoms with Crippen molar-refractivity contribution in [1.82, 2.24) is 0 Å². The maximum Gasteiger partial charge on any atom is 0.321 e. The largest absolute Gasteiger partial charge is 0.392 e. The number of aliphatic hydroxyl groups is 2. The minimum Gasteiger partial charge on any atom is -0.392 e. The van der Waals surface area contributed by atoms with Gasteiger partial charge in [-0.1, -0.05) is 48.5 Å². The number of ether oxygens (including phenoxy) is 3. The molecule has 2 N–H and O–H groups in total. The molecule has 31 heavy (non-hydrogen) atoms. The Labute approximate surface area is 179 Å². The zero-order valence-corrected chi connectivity index (χ0v) is 17.3. The van der Waals surface area contributed by atoms with Crippen LogP contribution in [0.3, 0.4) is 0 Å². The van der Waals surface area contributed by atoms with Crippen molar-refractivity contribution in [3.05, 3.63) is 70.8 Å². The van der Waals surface area contributed by atoms with E-state index in [4.69, 9.17) is 14.2 Å². The lowest BCUT2D eigenvalue weighted by atomic mass is 9.50. The molecule has 0 aromatic heterocycles. The van der Waals surface area contributed by atoms with Crippen molar-refractivity contribution in [3.63, 3.8) is 0 Å². The molecule has 0 spiro atoms. The Kier molecular flexibility index (Phi) is 4.57. The summed E-state index contributed by atoms with van der Waals surface area (Å²) in [4.78, 5) is 26.1. The first-order valence-electron chi connectivity index (χ1n) is 10.4. The molecule has 1 saturated heterocycles. The fourth-order valence-electron chi connectivity index (χ4n) is 5.52. The minimum absolute atomic E-state index is 0.0328. The van der Waals surface area contributed by atoms with Crippen LogP contribution >= 0.6 is 0 Å². The lowest BCUT2D eigenvalue weighted by molar-refractivity contribution is -0.186. The highest BCUT2D eigenvalue weighted by molar-refractivity contribution is 6.01. The number of rotatable bonds is 6. The molecule has 4 atom stereocenters. The van der Waals surface area contributed by atoms with E-state index >= 15 is 0 Å². The van der Waals surface area contributed by atoms with Gasteiger partial charge in [0.2, 0.25) is 0 Å². The summed E-state index contributed by atoms with van der Waals surface area (Å²) in [5, 5.41) is 20.0. The second-order valence-corrected chi connectivity index (χ2v) is 8.58. The van der Waals surface area contributed by atoms with Gasteiger partial charge in [0.1, 0.15) is 23.0 Å². The maximum absolute atomic E-state index is 13.1. The highest BCUT2D eigenvalue weighted by atomic mass is 16.6. The quantitative estimate of drug-likeness (QED) is 0.537. The molecule has 4 unspecified atom stereocenters. The number of aliphatic hydroxyl groups excluding tert-OH is 2. The molecule has 7 heteroatoms. The van der Waals surface area contributed by atoms with E-state index < -0.39 is 47.2 Å². The molecule has 2 bridgehead atoms. The molecule has 1 fully saturated rings. The first kappa shape index (κ1) is 20.3. The third-order valence-corrected chi connectivity index (χ3v) is 6.48. The van der Waals surface area contributed by atoms with Crippen molar-refractivity contribution in [3.8, 4) is 0 Å². The maximum atomic E-state index is 13.1. The molecule has 0 saturated carbocycles. The van der Waals surface area contributed by atoms with Crippen LogP contribution in [0.2, 0.25) is 0 Å². The molecule has 7 nitrogen and oxygen atoms in total. The number of carbonyl (C=O) groups excluding carboxylic acids is 2. The van der Waals surface area contributed by atoms with E-state index in [1.165, 1.54) is 0 Å². The van der Waals surface area contributed by atoms with E-state index in [1.54, 1.807) is 13.8 Å². The highest BCUT2D eigenvalue weighted by Crippen LogP contribution is 2.67. The average molecular weight is 424 g/mol. The van der Waals surface area contributed by atoms with Gasteiger partial charge < -0.3 is 24.4 Å². The third-order valence-electron chi connectivity index (χ3n) is 6.48. The van der Waals surface area contributed by atoms with Gasteiger partial charge in [-0.05, 0) is 36.1 Å². The first-order valence-corrected chi connectivity index (χ1v) is 10.4. The Balaban J connectivity index is 1.87. The van der Waals surface area contributed by atoms with Crippen molar-refractivity contribution in [2.75, 3.05) is 13.2 Å². The summed E-state index contributed by atoms with van der Waals surface area (Å²) in [5.41, 5.74) is 0.212. The van der Waals surface area contributed by atoms with E-state index in [9.17, 15) is 19.8 Å². The predicted molar refractivity (Wildman–Crippen MR) is 108 cm³/mol. The van der Waals surface area contributed by atoms with Crippen LogP contribution in [0, 0.1) is 11.8 Å². The van der Waals surface area contributed by atoms with Crippen molar-refractivity contribution < 1.29 is 34.0 Å². The van der Waals surface area contributed by atoms with E-state index in [-0.39, 0.29) is 13.2 Å². The zero-order chi connectivity index (χ0) is 22.0. The van der Waals surface area contributed by atoms with Gasteiger partial charge in [-0.25, -0.2) is 0 Å². The Morgan fingerprint density at radius 2 is 1.10 bits per heavy atom. The molecule has 1 heterocycles. The van der Waals surface area contributed by atoms with Crippen LogP contribution in [0.25, 0.3) is 0 Å². The van der Waals surface area contributed by atoms with E-state index in [0.717, 1.165) is 0 Å². The monoisotopic (exact) mass is 424 g/mol. The topological polar surface area (TPSA) is 102 Å². The molecule has 0 amide bonds. The van der Waals surface area contributed by atoms with E-state index in [1.807, 2.05) is 48.5 Å². The molecule has 6 rings (SSSR count). The van der Waals surface area contributed by atoms with Crippen molar-refractivity contribution in [2.24, 2.45) is 11.8 Å². The molecule has 2 aromatic rings. The van der Waals surface area contributed by atoms with E-state index in [2.05, 4.69) is 0 Å². The van der Waals surface area contributed by atoms with Crippen molar-refractivity contribution in [1.29, 1.82) is 0 Å². The Bertz CT molecular complexity index is 928. The van der Waals surface area contributed by atoms with Crippen LogP contribution in [0.15, 0.2) is 48.5 Å². The number of hydrogen-bond acceptors (Lipinski definition) is 7. The summed E-state index contributed by atoms with van der Waals surface area (Å²) in [7, 11) is 0. The summed E-state index contributed by atoms with van der Waals surface area (Å²) >= 11 is 0. The van der Waals surface area contributed by atoms with E-state index in [0.29, 0.717) is 22.3 Å². The molecular weight excluding hydrogens is 400 g/mol. The normalized spacial score (nSPS) is 32.1. The van der Waals surface area contributed by atoms with Gasteiger partial charge in [-0.15, -0.1) is 0 Å². The van der Waals surface area contributed by atoms with Crippen molar-refractivity contribution >= 4 is 11.9 Å². The standard InChI is InChI=1S/C24H24O7/c1-13(25)11-29-23-15-7-3-5-9-17(15)24(30-12-14(2)26,18-10-6-4-8-16(18)23)20-19(23)21(27)31-22(20)28/h3-10,13-14,19-20,25-26H,11-12H2,1-2H3. The van der Waals surface area contributed by atoms with Crippen LogP contribution in [0.5, 0.6) is 0 Å². The molecule has 3 aliphatic carbocycles. The average Bonchev–Trinajstić information content (AvgIpc) is 3.07. The van der Waals surface area contributed by atoms with Crippen molar-refractivity contribution in [2.45, 2.75) is 37.3 Å². The number of esters is 2. The fourth-order valence-corrected chi connectivity index (χ4v) is 5.52. The summed E-state index contributed by atoms with van der Waals surface area (Å²) in [5.74, 6) is -3.29. The molecule has 0 radical (unpaired) electrons.